The largest absolute Gasteiger partial charge is 0.348 e. The van der Waals surface area contributed by atoms with Gasteiger partial charge >= 0.3 is 6.03 Å². The van der Waals surface area contributed by atoms with Crippen molar-refractivity contribution < 1.29 is 14.4 Å². The lowest BCUT2D eigenvalue weighted by Crippen LogP contribution is -2.45. The number of hydrogen-bond acceptors (Lipinski definition) is 3. The molecule has 2 N–H and O–H groups in total. The van der Waals surface area contributed by atoms with Gasteiger partial charge < -0.3 is 10.6 Å². The van der Waals surface area contributed by atoms with Crippen LogP contribution in [0.4, 0.5) is 4.79 Å². The van der Waals surface area contributed by atoms with Crippen LogP contribution in [0.1, 0.15) is 50.8 Å². The minimum absolute atomic E-state index is 0.176. The molecule has 1 aliphatic heterocycles. The third kappa shape index (κ3) is 4.37. The molecule has 1 heterocycles. The van der Waals surface area contributed by atoms with Crippen LogP contribution in [0.5, 0.6) is 0 Å². The summed E-state index contributed by atoms with van der Waals surface area (Å²) in [5.41, 5.74) is 0.592. The van der Waals surface area contributed by atoms with E-state index in [-0.39, 0.29) is 18.5 Å². The van der Waals surface area contributed by atoms with E-state index in [9.17, 15) is 14.4 Å². The first-order chi connectivity index (χ1) is 14.4. The highest BCUT2D eigenvalue weighted by Crippen LogP contribution is 2.32. The molecule has 0 aromatic heterocycles. The van der Waals surface area contributed by atoms with Crippen LogP contribution in [-0.2, 0) is 15.1 Å². The first-order valence-corrected chi connectivity index (χ1v) is 10.4. The van der Waals surface area contributed by atoms with Crippen LogP contribution < -0.4 is 10.6 Å². The lowest BCUT2D eigenvalue weighted by Gasteiger charge is -2.26. The number of imide groups is 1. The van der Waals surface area contributed by atoms with Crippen molar-refractivity contribution >= 4 is 17.8 Å². The molecule has 2 aromatic carbocycles. The number of amides is 4. The quantitative estimate of drug-likeness (QED) is 0.654. The Bertz CT molecular complexity index is 898. The number of carbonyl (C=O) groups excluding carboxylic acids is 3. The zero-order chi connectivity index (χ0) is 21.7. The van der Waals surface area contributed by atoms with Gasteiger partial charge in [0.05, 0.1) is 6.04 Å². The fourth-order valence-electron chi connectivity index (χ4n) is 3.95. The van der Waals surface area contributed by atoms with Crippen LogP contribution in [0.25, 0.3) is 0 Å². The van der Waals surface area contributed by atoms with Crippen molar-refractivity contribution in [1.29, 1.82) is 0 Å². The molecule has 2 aromatic rings. The molecule has 0 radical (unpaired) electrons. The van der Waals surface area contributed by atoms with E-state index in [4.69, 9.17) is 0 Å². The van der Waals surface area contributed by atoms with Gasteiger partial charge in [-0.25, -0.2) is 4.79 Å². The Balaban J connectivity index is 1.76. The highest BCUT2D eigenvalue weighted by Gasteiger charge is 2.51. The molecule has 158 valence electrons. The Hall–Kier alpha value is -3.15. The number of nitrogens with one attached hydrogen (secondary N) is 2. The highest BCUT2D eigenvalue weighted by atomic mass is 16.2. The van der Waals surface area contributed by atoms with Gasteiger partial charge in [-0.15, -0.1) is 0 Å². The van der Waals surface area contributed by atoms with Crippen molar-refractivity contribution in [3.05, 3.63) is 71.8 Å². The average Bonchev–Trinajstić information content (AvgIpc) is 2.99. The van der Waals surface area contributed by atoms with Gasteiger partial charge in [-0.1, -0.05) is 81.4 Å². The Morgan fingerprint density at radius 3 is 2.20 bits per heavy atom. The predicted octanol–water partition coefficient (Wildman–Crippen LogP) is 3.75. The second-order valence-corrected chi connectivity index (χ2v) is 8.11. The maximum Gasteiger partial charge on any atom is 0.325 e. The van der Waals surface area contributed by atoms with Crippen LogP contribution in [-0.4, -0.2) is 29.3 Å². The van der Waals surface area contributed by atoms with Gasteiger partial charge in [0, 0.05) is 0 Å². The zero-order valence-corrected chi connectivity index (χ0v) is 17.7. The fourth-order valence-corrected chi connectivity index (χ4v) is 3.95. The molecule has 1 aliphatic rings. The molecule has 0 spiro atoms. The van der Waals surface area contributed by atoms with Crippen molar-refractivity contribution in [3.8, 4) is 0 Å². The van der Waals surface area contributed by atoms with Crippen LogP contribution in [0.15, 0.2) is 60.7 Å². The van der Waals surface area contributed by atoms with Crippen molar-refractivity contribution in [2.45, 2.75) is 45.2 Å². The van der Waals surface area contributed by atoms with Crippen molar-refractivity contribution in [1.82, 2.24) is 15.5 Å². The summed E-state index contributed by atoms with van der Waals surface area (Å²) >= 11 is 0. The Morgan fingerprint density at radius 2 is 1.63 bits per heavy atom. The Kier molecular flexibility index (Phi) is 6.55. The fraction of sp³-hybridized carbons (Fsp3) is 0.375. The summed E-state index contributed by atoms with van der Waals surface area (Å²) in [5.74, 6) is -0.373. The third-order valence-corrected chi connectivity index (χ3v) is 5.52. The molecule has 0 saturated carbocycles. The third-order valence-electron chi connectivity index (χ3n) is 5.52. The van der Waals surface area contributed by atoms with Gasteiger partial charge in [0.15, 0.2) is 0 Å². The van der Waals surface area contributed by atoms with Gasteiger partial charge in [0.2, 0.25) is 5.91 Å². The van der Waals surface area contributed by atoms with Gasteiger partial charge in [0.1, 0.15) is 12.1 Å². The molecule has 1 fully saturated rings. The molecule has 30 heavy (non-hydrogen) atoms. The van der Waals surface area contributed by atoms with E-state index < -0.39 is 17.5 Å². The predicted molar refractivity (Wildman–Crippen MR) is 115 cm³/mol. The molecule has 6 nitrogen and oxygen atoms in total. The molecule has 3 rings (SSSR count). The topological polar surface area (TPSA) is 78.5 Å². The second kappa shape index (κ2) is 9.11. The van der Waals surface area contributed by atoms with E-state index in [0.29, 0.717) is 12.3 Å². The second-order valence-electron chi connectivity index (χ2n) is 8.11. The summed E-state index contributed by atoms with van der Waals surface area (Å²) in [4.78, 5) is 39.6. The Morgan fingerprint density at radius 1 is 1.03 bits per heavy atom. The van der Waals surface area contributed by atoms with Gasteiger partial charge in [0.25, 0.3) is 5.91 Å². The summed E-state index contributed by atoms with van der Waals surface area (Å²) in [7, 11) is 0. The molecule has 4 amide bonds. The number of carbonyl (C=O) groups is 3. The number of hydrogen-bond donors (Lipinski definition) is 2. The standard InChI is InChI=1S/C24H29N3O3/c1-4-24(19-13-9-6-10-14-19)22(29)27(23(30)26-24)16-21(28)25-20(15-17(2)3)18-11-7-5-8-12-18/h5-14,17,20H,4,15-16H2,1-3H3,(H,25,28)(H,26,30). The molecule has 1 saturated heterocycles. The number of urea groups is 1. The van der Waals surface area contributed by atoms with Crippen molar-refractivity contribution in [2.24, 2.45) is 5.92 Å². The molecule has 2 atom stereocenters. The summed E-state index contributed by atoms with van der Waals surface area (Å²) in [5, 5.41) is 5.82. The first-order valence-electron chi connectivity index (χ1n) is 10.4. The van der Waals surface area contributed by atoms with Crippen LogP contribution in [0.3, 0.4) is 0 Å². The molecule has 0 aliphatic carbocycles. The highest BCUT2D eigenvalue weighted by molar-refractivity contribution is 6.09. The minimum atomic E-state index is -1.13. The SMILES string of the molecule is CCC1(c2ccccc2)NC(=O)N(CC(=O)NC(CC(C)C)c2ccccc2)C1=O. The van der Waals surface area contributed by atoms with E-state index in [1.165, 1.54) is 0 Å². The van der Waals surface area contributed by atoms with Crippen LogP contribution in [0, 0.1) is 5.92 Å². The first kappa shape index (κ1) is 21.6. The average molecular weight is 408 g/mol. The summed E-state index contributed by atoms with van der Waals surface area (Å²) in [6.07, 6.45) is 1.17. The van der Waals surface area contributed by atoms with E-state index in [1.807, 2.05) is 67.6 Å². The molecular weight excluding hydrogens is 378 g/mol. The van der Waals surface area contributed by atoms with Crippen molar-refractivity contribution in [2.75, 3.05) is 6.54 Å². The number of rotatable bonds is 8. The molecular formula is C24H29N3O3. The summed E-state index contributed by atoms with van der Waals surface area (Å²) in [6, 6.07) is 18.2. The number of benzene rings is 2. The van der Waals surface area contributed by atoms with Gasteiger partial charge in [-0.05, 0) is 29.9 Å². The lowest BCUT2D eigenvalue weighted by molar-refractivity contribution is -0.135. The normalized spacial score (nSPS) is 19.7. The maximum absolute atomic E-state index is 13.2. The molecule has 0 bridgehead atoms. The number of nitrogens with zero attached hydrogens (tertiary/aromatic N) is 1. The van der Waals surface area contributed by atoms with Crippen LogP contribution in [0.2, 0.25) is 0 Å². The monoisotopic (exact) mass is 407 g/mol. The Labute approximate surface area is 177 Å². The van der Waals surface area contributed by atoms with Gasteiger partial charge in [-0.3, -0.25) is 14.5 Å². The minimum Gasteiger partial charge on any atom is -0.348 e. The van der Waals surface area contributed by atoms with E-state index in [0.717, 1.165) is 22.4 Å². The van der Waals surface area contributed by atoms with E-state index in [2.05, 4.69) is 24.5 Å². The van der Waals surface area contributed by atoms with E-state index >= 15 is 0 Å². The lowest BCUT2D eigenvalue weighted by atomic mass is 9.87. The zero-order valence-electron chi connectivity index (χ0n) is 17.7. The summed E-state index contributed by atoms with van der Waals surface area (Å²) < 4.78 is 0. The smallest absolute Gasteiger partial charge is 0.325 e. The van der Waals surface area contributed by atoms with Crippen molar-refractivity contribution in [3.63, 3.8) is 0 Å². The van der Waals surface area contributed by atoms with Gasteiger partial charge in [-0.2, -0.15) is 0 Å². The van der Waals surface area contributed by atoms with E-state index in [1.54, 1.807) is 0 Å². The maximum atomic E-state index is 13.2. The summed E-state index contributed by atoms with van der Waals surface area (Å²) in [6.45, 7) is 5.73. The van der Waals surface area contributed by atoms with Crippen LogP contribution >= 0.6 is 0 Å². The molecule has 2 unspecified atom stereocenters. The molecule has 6 heteroatoms.